The van der Waals surface area contributed by atoms with Crippen LogP contribution >= 0.6 is 0 Å². The van der Waals surface area contributed by atoms with Crippen LogP contribution in [0.4, 0.5) is 11.4 Å². The summed E-state index contributed by atoms with van der Waals surface area (Å²) < 4.78 is 0. The van der Waals surface area contributed by atoms with Gasteiger partial charge < -0.3 is 10.2 Å². The highest BCUT2D eigenvalue weighted by molar-refractivity contribution is 6.17. The number of anilines is 2. The summed E-state index contributed by atoms with van der Waals surface area (Å²) in [6.07, 6.45) is 1.04. The van der Waals surface area contributed by atoms with Gasteiger partial charge in [-0.1, -0.05) is 48.5 Å². The van der Waals surface area contributed by atoms with Crippen LogP contribution in [0.15, 0.2) is 84.9 Å². The molecule has 0 spiro atoms. The molecule has 0 bridgehead atoms. The van der Waals surface area contributed by atoms with E-state index in [0.29, 0.717) is 30.6 Å². The Morgan fingerprint density at radius 2 is 1.50 bits per heavy atom. The van der Waals surface area contributed by atoms with E-state index in [0.717, 1.165) is 11.3 Å². The summed E-state index contributed by atoms with van der Waals surface area (Å²) in [4.78, 5) is 28.3. The van der Waals surface area contributed by atoms with Crippen molar-refractivity contribution < 1.29 is 9.59 Å². The van der Waals surface area contributed by atoms with Crippen LogP contribution in [0.5, 0.6) is 0 Å². The van der Waals surface area contributed by atoms with Gasteiger partial charge in [-0.2, -0.15) is 5.26 Å². The van der Waals surface area contributed by atoms with E-state index in [1.54, 1.807) is 29.2 Å². The van der Waals surface area contributed by atoms with E-state index in [1.807, 2.05) is 60.7 Å². The molecule has 5 nitrogen and oxygen atoms in total. The monoisotopic (exact) mass is 395 g/mol. The molecule has 1 aliphatic carbocycles. The van der Waals surface area contributed by atoms with Crippen molar-refractivity contribution in [2.24, 2.45) is 5.41 Å². The smallest absolute Gasteiger partial charge is 0.243 e. The van der Waals surface area contributed by atoms with E-state index in [2.05, 4.69) is 11.4 Å². The molecule has 0 aromatic heterocycles. The topological polar surface area (TPSA) is 73.2 Å². The number of hydrogen-bond acceptors (Lipinski definition) is 3. The van der Waals surface area contributed by atoms with Crippen LogP contribution in [0, 0.1) is 16.7 Å². The van der Waals surface area contributed by atoms with Crippen LogP contribution in [0.1, 0.15) is 24.0 Å². The average molecular weight is 395 g/mol. The number of carbonyl (C=O) groups is 2. The van der Waals surface area contributed by atoms with Gasteiger partial charge in [0, 0.05) is 11.4 Å². The molecule has 5 heteroatoms. The highest BCUT2D eigenvalue weighted by atomic mass is 16.2. The predicted molar refractivity (Wildman–Crippen MR) is 116 cm³/mol. The van der Waals surface area contributed by atoms with Crippen molar-refractivity contribution in [3.8, 4) is 6.07 Å². The number of nitriles is 1. The number of nitrogens with zero attached hydrogens (tertiary/aromatic N) is 2. The first kappa shape index (κ1) is 19.4. The lowest BCUT2D eigenvalue weighted by molar-refractivity contribution is -0.132. The zero-order valence-corrected chi connectivity index (χ0v) is 16.4. The number of carbonyl (C=O) groups excluding carboxylic acids is 2. The van der Waals surface area contributed by atoms with Crippen molar-refractivity contribution in [1.82, 2.24) is 0 Å². The summed E-state index contributed by atoms with van der Waals surface area (Å²) in [7, 11) is 0. The molecule has 3 aromatic carbocycles. The molecule has 0 aliphatic heterocycles. The first-order valence-electron chi connectivity index (χ1n) is 9.85. The van der Waals surface area contributed by atoms with Crippen molar-refractivity contribution in [3.63, 3.8) is 0 Å². The van der Waals surface area contributed by atoms with Gasteiger partial charge in [-0.25, -0.2) is 0 Å². The Kier molecular flexibility index (Phi) is 5.32. The molecule has 148 valence electrons. The maximum absolute atomic E-state index is 13.6. The van der Waals surface area contributed by atoms with Gasteiger partial charge in [-0.3, -0.25) is 9.59 Å². The second-order valence-corrected chi connectivity index (χ2v) is 7.44. The van der Waals surface area contributed by atoms with E-state index in [9.17, 15) is 9.59 Å². The fraction of sp³-hybridized carbons (Fsp3) is 0.160. The maximum Gasteiger partial charge on any atom is 0.243 e. The van der Waals surface area contributed by atoms with Crippen molar-refractivity contribution >= 4 is 23.2 Å². The van der Waals surface area contributed by atoms with Gasteiger partial charge in [0.25, 0.3) is 0 Å². The maximum atomic E-state index is 13.6. The van der Waals surface area contributed by atoms with E-state index < -0.39 is 5.41 Å². The van der Waals surface area contributed by atoms with Crippen molar-refractivity contribution in [2.45, 2.75) is 19.4 Å². The standard InChI is InChI=1S/C25H21N3O2/c26-17-19-11-13-21(14-12-19)27-23(29)25(15-16-25)24(30)28(22-9-5-2-6-10-22)18-20-7-3-1-4-8-20/h1-14H,15-16,18H2,(H,27,29). The molecular weight excluding hydrogens is 374 g/mol. The summed E-state index contributed by atoms with van der Waals surface area (Å²) in [5.41, 5.74) is 1.80. The number of nitrogens with one attached hydrogen (secondary N) is 1. The molecule has 1 saturated carbocycles. The first-order chi connectivity index (χ1) is 14.6. The Labute approximate surface area is 175 Å². The number of para-hydroxylation sites is 1. The van der Waals surface area contributed by atoms with Crippen LogP contribution < -0.4 is 10.2 Å². The zero-order chi connectivity index (χ0) is 21.0. The third kappa shape index (κ3) is 3.94. The molecule has 1 fully saturated rings. The second kappa shape index (κ2) is 8.22. The van der Waals surface area contributed by atoms with Crippen molar-refractivity contribution in [2.75, 3.05) is 10.2 Å². The minimum atomic E-state index is -1.06. The van der Waals surface area contributed by atoms with E-state index in [-0.39, 0.29) is 11.8 Å². The number of rotatable bonds is 6. The molecule has 1 aliphatic rings. The number of amides is 2. The summed E-state index contributed by atoms with van der Waals surface area (Å²) in [5.74, 6) is -0.491. The second-order valence-electron chi connectivity index (χ2n) is 7.44. The molecule has 0 radical (unpaired) electrons. The highest BCUT2D eigenvalue weighted by Gasteiger charge is 2.58. The third-order valence-corrected chi connectivity index (χ3v) is 5.36. The van der Waals surface area contributed by atoms with Gasteiger partial charge in [0.05, 0.1) is 18.2 Å². The zero-order valence-electron chi connectivity index (χ0n) is 16.4. The number of hydrogen-bond donors (Lipinski definition) is 1. The molecule has 2 amide bonds. The van der Waals surface area contributed by atoms with Gasteiger partial charge >= 0.3 is 0 Å². The lowest BCUT2D eigenvalue weighted by atomic mass is 10.0. The predicted octanol–water partition coefficient (Wildman–Crippen LogP) is 4.51. The highest BCUT2D eigenvalue weighted by Crippen LogP contribution is 2.49. The quantitative estimate of drug-likeness (QED) is 0.624. The normalized spacial score (nSPS) is 13.7. The molecular formula is C25H21N3O2. The van der Waals surface area contributed by atoms with E-state index in [1.165, 1.54) is 0 Å². The number of benzene rings is 3. The third-order valence-electron chi connectivity index (χ3n) is 5.36. The summed E-state index contributed by atoms with van der Waals surface area (Å²) in [6.45, 7) is 0.398. The minimum absolute atomic E-state index is 0.191. The molecule has 0 saturated heterocycles. The molecule has 0 unspecified atom stereocenters. The molecule has 0 heterocycles. The van der Waals surface area contributed by atoms with Crippen LogP contribution in [0.25, 0.3) is 0 Å². The average Bonchev–Trinajstić information content (AvgIpc) is 3.61. The Morgan fingerprint density at radius 1 is 0.900 bits per heavy atom. The summed E-state index contributed by atoms with van der Waals surface area (Å²) in [6, 6.07) is 27.9. The van der Waals surface area contributed by atoms with Gasteiger partial charge in [0.2, 0.25) is 11.8 Å². The van der Waals surface area contributed by atoms with Crippen LogP contribution in [-0.4, -0.2) is 11.8 Å². The van der Waals surface area contributed by atoms with Gasteiger partial charge in [-0.05, 0) is 54.8 Å². The van der Waals surface area contributed by atoms with E-state index in [4.69, 9.17) is 5.26 Å². The Balaban J connectivity index is 1.58. The fourth-order valence-corrected chi connectivity index (χ4v) is 3.45. The van der Waals surface area contributed by atoms with Crippen LogP contribution in [-0.2, 0) is 16.1 Å². The lowest BCUT2D eigenvalue weighted by Gasteiger charge is -2.27. The SMILES string of the molecule is N#Cc1ccc(NC(=O)C2(C(=O)N(Cc3ccccc3)c3ccccc3)CC2)cc1. The molecule has 3 aromatic rings. The Morgan fingerprint density at radius 3 is 2.07 bits per heavy atom. The van der Waals surface area contributed by atoms with Crippen LogP contribution in [0.2, 0.25) is 0 Å². The van der Waals surface area contributed by atoms with Crippen molar-refractivity contribution in [1.29, 1.82) is 5.26 Å². The summed E-state index contributed by atoms with van der Waals surface area (Å²) >= 11 is 0. The van der Waals surface area contributed by atoms with Gasteiger partial charge in [0.15, 0.2) is 0 Å². The lowest BCUT2D eigenvalue weighted by Crippen LogP contribution is -2.43. The minimum Gasteiger partial charge on any atom is -0.325 e. The molecule has 30 heavy (non-hydrogen) atoms. The van der Waals surface area contributed by atoms with Crippen molar-refractivity contribution in [3.05, 3.63) is 96.1 Å². The first-order valence-corrected chi connectivity index (χ1v) is 9.85. The largest absolute Gasteiger partial charge is 0.325 e. The Bertz CT molecular complexity index is 1080. The van der Waals surface area contributed by atoms with E-state index >= 15 is 0 Å². The van der Waals surface area contributed by atoms with Crippen LogP contribution in [0.3, 0.4) is 0 Å². The molecule has 4 rings (SSSR count). The molecule has 0 atom stereocenters. The summed E-state index contributed by atoms with van der Waals surface area (Å²) in [5, 5.41) is 11.8. The van der Waals surface area contributed by atoms with Gasteiger partial charge in [-0.15, -0.1) is 0 Å². The van der Waals surface area contributed by atoms with Gasteiger partial charge in [0.1, 0.15) is 5.41 Å². The fourth-order valence-electron chi connectivity index (χ4n) is 3.45. The molecule has 1 N–H and O–H groups in total. The Hall–Kier alpha value is -3.91.